The average Bonchev–Trinajstić information content (AvgIpc) is 2.27. The Hall–Kier alpha value is -1.00. The highest BCUT2D eigenvalue weighted by molar-refractivity contribution is 5.15. The lowest BCUT2D eigenvalue weighted by Crippen LogP contribution is -2.43. The fourth-order valence-electron chi connectivity index (χ4n) is 1.33. The lowest BCUT2D eigenvalue weighted by molar-refractivity contribution is 0.171. The van der Waals surface area contributed by atoms with Crippen LogP contribution in [0.3, 0.4) is 0 Å². The van der Waals surface area contributed by atoms with E-state index in [4.69, 9.17) is 0 Å². The van der Waals surface area contributed by atoms with E-state index in [9.17, 15) is 9.50 Å². The van der Waals surface area contributed by atoms with Gasteiger partial charge in [-0.15, -0.1) is 0 Å². The molecule has 0 bridgehead atoms. The van der Waals surface area contributed by atoms with Crippen molar-refractivity contribution in [2.75, 3.05) is 13.2 Å². The third-order valence-electron chi connectivity index (χ3n) is 2.37. The minimum absolute atomic E-state index is 0.0639. The number of halogens is 1. The largest absolute Gasteiger partial charge is 0.394 e. The number of aliphatic hydroxyl groups is 1. The Morgan fingerprint density at radius 3 is 2.73 bits per heavy atom. The van der Waals surface area contributed by atoms with Crippen molar-refractivity contribution in [3.8, 4) is 0 Å². The minimum atomic E-state index is -0.594. The van der Waals surface area contributed by atoms with Crippen LogP contribution in [0.15, 0.2) is 18.3 Å². The molecular formula is C11H17FN2O. The van der Waals surface area contributed by atoms with Gasteiger partial charge in [-0.3, -0.25) is 4.98 Å². The summed E-state index contributed by atoms with van der Waals surface area (Å²) in [5.74, 6) is -0.366. The summed E-state index contributed by atoms with van der Waals surface area (Å²) >= 11 is 0. The molecule has 0 saturated carbocycles. The van der Waals surface area contributed by atoms with E-state index < -0.39 is 5.54 Å². The third kappa shape index (κ3) is 2.97. The Morgan fingerprint density at radius 1 is 1.53 bits per heavy atom. The van der Waals surface area contributed by atoms with Crippen LogP contribution in [0.2, 0.25) is 0 Å². The molecule has 0 saturated heterocycles. The lowest BCUT2D eigenvalue weighted by Gasteiger charge is -2.28. The number of hydrogen-bond acceptors (Lipinski definition) is 3. The molecule has 1 unspecified atom stereocenters. The van der Waals surface area contributed by atoms with Gasteiger partial charge in [0.1, 0.15) is 5.82 Å². The SMILES string of the molecule is CCCNC(C)(CO)c1ccc(F)cn1. The Morgan fingerprint density at radius 2 is 2.27 bits per heavy atom. The number of aliphatic hydroxyl groups excluding tert-OH is 1. The van der Waals surface area contributed by atoms with Gasteiger partial charge in [-0.2, -0.15) is 0 Å². The molecule has 1 aromatic rings. The van der Waals surface area contributed by atoms with E-state index in [2.05, 4.69) is 10.3 Å². The first-order chi connectivity index (χ1) is 7.12. The van der Waals surface area contributed by atoms with E-state index in [0.717, 1.165) is 19.2 Å². The molecule has 0 spiro atoms. The molecular weight excluding hydrogens is 195 g/mol. The van der Waals surface area contributed by atoms with E-state index in [0.29, 0.717) is 5.69 Å². The van der Waals surface area contributed by atoms with E-state index in [1.165, 1.54) is 6.07 Å². The summed E-state index contributed by atoms with van der Waals surface area (Å²) in [5.41, 5.74) is 0.0591. The van der Waals surface area contributed by atoms with Gasteiger partial charge in [0.2, 0.25) is 0 Å². The number of nitrogens with zero attached hydrogens (tertiary/aromatic N) is 1. The molecule has 1 atom stereocenters. The van der Waals surface area contributed by atoms with Crippen molar-refractivity contribution in [1.29, 1.82) is 0 Å². The van der Waals surface area contributed by atoms with Gasteiger partial charge in [0.25, 0.3) is 0 Å². The summed E-state index contributed by atoms with van der Waals surface area (Å²) in [5, 5.41) is 12.5. The second kappa shape index (κ2) is 5.19. The molecule has 4 heteroatoms. The molecule has 1 rings (SSSR count). The van der Waals surface area contributed by atoms with Crippen LogP contribution in [0.5, 0.6) is 0 Å². The van der Waals surface area contributed by atoms with Gasteiger partial charge >= 0.3 is 0 Å². The molecule has 0 aliphatic heterocycles. The van der Waals surface area contributed by atoms with E-state index in [-0.39, 0.29) is 12.4 Å². The summed E-state index contributed by atoms with van der Waals surface area (Å²) in [4.78, 5) is 3.98. The maximum absolute atomic E-state index is 12.7. The van der Waals surface area contributed by atoms with E-state index in [1.54, 1.807) is 6.07 Å². The van der Waals surface area contributed by atoms with Crippen molar-refractivity contribution in [1.82, 2.24) is 10.3 Å². The Balaban J connectivity index is 2.85. The standard InChI is InChI=1S/C11H17FN2O/c1-3-6-14-11(2,8-15)10-5-4-9(12)7-13-10/h4-5,7,14-15H,3,6,8H2,1-2H3. The minimum Gasteiger partial charge on any atom is -0.394 e. The first-order valence-electron chi connectivity index (χ1n) is 5.10. The van der Waals surface area contributed by atoms with Gasteiger partial charge in [0.15, 0.2) is 0 Å². The molecule has 3 nitrogen and oxygen atoms in total. The highest BCUT2D eigenvalue weighted by atomic mass is 19.1. The first-order valence-corrected chi connectivity index (χ1v) is 5.10. The van der Waals surface area contributed by atoms with E-state index >= 15 is 0 Å². The molecule has 0 amide bonds. The van der Waals surface area contributed by atoms with Gasteiger partial charge in [-0.1, -0.05) is 6.92 Å². The molecule has 0 aromatic carbocycles. The molecule has 0 radical (unpaired) electrons. The van der Waals surface area contributed by atoms with Gasteiger partial charge < -0.3 is 10.4 Å². The predicted octanol–water partition coefficient (Wildman–Crippen LogP) is 1.43. The van der Waals surface area contributed by atoms with Crippen molar-refractivity contribution in [2.45, 2.75) is 25.8 Å². The molecule has 1 aromatic heterocycles. The first kappa shape index (κ1) is 12.1. The zero-order valence-electron chi connectivity index (χ0n) is 9.13. The molecule has 0 aliphatic rings. The van der Waals surface area contributed by atoms with Crippen LogP contribution in [0, 0.1) is 5.82 Å². The molecule has 0 aliphatic carbocycles. The summed E-state index contributed by atoms with van der Waals surface area (Å²) in [6.07, 6.45) is 2.13. The van der Waals surface area contributed by atoms with Crippen LogP contribution in [-0.2, 0) is 5.54 Å². The summed E-state index contributed by atoms with van der Waals surface area (Å²) in [6, 6.07) is 2.94. The monoisotopic (exact) mass is 212 g/mol. The average molecular weight is 212 g/mol. The van der Waals surface area contributed by atoms with Crippen LogP contribution in [-0.4, -0.2) is 23.2 Å². The Kier molecular flexibility index (Phi) is 4.17. The van der Waals surface area contributed by atoms with Gasteiger partial charge in [0.05, 0.1) is 24.0 Å². The second-order valence-electron chi connectivity index (χ2n) is 3.78. The smallest absolute Gasteiger partial charge is 0.141 e. The highest BCUT2D eigenvalue weighted by Crippen LogP contribution is 2.17. The number of nitrogens with one attached hydrogen (secondary N) is 1. The number of rotatable bonds is 5. The van der Waals surface area contributed by atoms with Crippen molar-refractivity contribution < 1.29 is 9.50 Å². The quantitative estimate of drug-likeness (QED) is 0.776. The Bertz CT molecular complexity index is 302. The lowest BCUT2D eigenvalue weighted by atomic mass is 9.98. The van der Waals surface area contributed by atoms with Crippen molar-refractivity contribution in [3.05, 3.63) is 29.8 Å². The van der Waals surface area contributed by atoms with Crippen molar-refractivity contribution in [3.63, 3.8) is 0 Å². The molecule has 1 heterocycles. The molecule has 2 N–H and O–H groups in total. The van der Waals surface area contributed by atoms with Crippen LogP contribution in [0.4, 0.5) is 4.39 Å². The maximum Gasteiger partial charge on any atom is 0.141 e. The third-order valence-corrected chi connectivity index (χ3v) is 2.37. The van der Waals surface area contributed by atoms with Gasteiger partial charge in [-0.05, 0) is 32.0 Å². The van der Waals surface area contributed by atoms with E-state index in [1.807, 2.05) is 13.8 Å². The molecule has 15 heavy (non-hydrogen) atoms. The summed E-state index contributed by atoms with van der Waals surface area (Å²) < 4.78 is 12.7. The fourth-order valence-corrected chi connectivity index (χ4v) is 1.33. The van der Waals surface area contributed by atoms with Gasteiger partial charge in [0, 0.05) is 0 Å². The molecule has 0 fully saturated rings. The summed E-state index contributed by atoms with van der Waals surface area (Å²) in [7, 11) is 0. The normalized spacial score (nSPS) is 14.9. The zero-order chi connectivity index (χ0) is 11.3. The van der Waals surface area contributed by atoms with Crippen LogP contribution in [0.25, 0.3) is 0 Å². The predicted molar refractivity (Wildman–Crippen MR) is 56.9 cm³/mol. The van der Waals surface area contributed by atoms with Crippen molar-refractivity contribution >= 4 is 0 Å². The zero-order valence-corrected chi connectivity index (χ0v) is 9.13. The number of pyridine rings is 1. The van der Waals surface area contributed by atoms with Crippen LogP contribution in [0.1, 0.15) is 26.0 Å². The highest BCUT2D eigenvalue weighted by Gasteiger charge is 2.26. The summed E-state index contributed by atoms with van der Waals surface area (Å²) in [6.45, 7) is 4.62. The maximum atomic E-state index is 12.7. The fraction of sp³-hybridized carbons (Fsp3) is 0.545. The van der Waals surface area contributed by atoms with Crippen LogP contribution < -0.4 is 5.32 Å². The number of hydrogen-bond donors (Lipinski definition) is 2. The van der Waals surface area contributed by atoms with Gasteiger partial charge in [-0.25, -0.2) is 4.39 Å². The topological polar surface area (TPSA) is 45.1 Å². The van der Waals surface area contributed by atoms with Crippen LogP contribution >= 0.6 is 0 Å². The van der Waals surface area contributed by atoms with Crippen molar-refractivity contribution in [2.24, 2.45) is 0 Å². The molecule has 84 valence electrons. The Labute approximate surface area is 89.4 Å². The number of aromatic nitrogens is 1. The second-order valence-corrected chi connectivity index (χ2v) is 3.78.